The zero-order chi connectivity index (χ0) is 11.4. The fraction of sp³-hybridized carbons (Fsp3) is 0.600. The van der Waals surface area contributed by atoms with Crippen LogP contribution in [0, 0.1) is 0 Å². The van der Waals surface area contributed by atoms with Crippen LogP contribution in [0.4, 0.5) is 6.01 Å². The van der Waals surface area contributed by atoms with Crippen molar-refractivity contribution in [2.24, 2.45) is 0 Å². The van der Waals surface area contributed by atoms with E-state index in [2.05, 4.69) is 10.3 Å². The van der Waals surface area contributed by atoms with Crippen LogP contribution in [-0.2, 0) is 4.74 Å². The van der Waals surface area contributed by atoms with Crippen LogP contribution >= 0.6 is 24.8 Å². The first-order valence-electron chi connectivity index (χ1n) is 5.40. The second-order valence-corrected chi connectivity index (χ2v) is 3.46. The summed E-state index contributed by atoms with van der Waals surface area (Å²) in [7, 11) is 0. The molecule has 2 rings (SSSR count). The van der Waals surface area contributed by atoms with Gasteiger partial charge in [0.1, 0.15) is 0 Å². The summed E-state index contributed by atoms with van der Waals surface area (Å²) in [6.45, 7) is 5.56. The number of nitrogens with one attached hydrogen (secondary N) is 1. The molecule has 104 valence electrons. The molecule has 18 heavy (non-hydrogen) atoms. The topological polar surface area (TPSA) is 67.6 Å². The smallest absolute Gasteiger partial charge is 0.376 e. The molecule has 0 unspecified atom stereocenters. The lowest BCUT2D eigenvalue weighted by atomic mass is 10.4. The number of carbonyl (C=O) groups excluding carboxylic acids is 1. The van der Waals surface area contributed by atoms with E-state index in [0.717, 1.165) is 26.2 Å². The summed E-state index contributed by atoms with van der Waals surface area (Å²) in [5.41, 5.74) is 0. The summed E-state index contributed by atoms with van der Waals surface area (Å²) in [6, 6.07) is 0.490. The number of oxazole rings is 1. The zero-order valence-electron chi connectivity index (χ0n) is 10.0. The first-order valence-corrected chi connectivity index (χ1v) is 5.40. The summed E-state index contributed by atoms with van der Waals surface area (Å²) in [6.07, 6.45) is 1.41. The minimum Gasteiger partial charge on any atom is -0.460 e. The number of hydrogen-bond acceptors (Lipinski definition) is 6. The Morgan fingerprint density at radius 1 is 1.50 bits per heavy atom. The Kier molecular flexibility index (Phi) is 7.73. The number of halogens is 2. The Morgan fingerprint density at radius 3 is 2.78 bits per heavy atom. The molecular weight excluding hydrogens is 281 g/mol. The van der Waals surface area contributed by atoms with Crippen LogP contribution in [0.2, 0.25) is 0 Å². The van der Waals surface area contributed by atoms with E-state index in [1.54, 1.807) is 6.92 Å². The quantitative estimate of drug-likeness (QED) is 0.843. The number of anilines is 1. The first kappa shape index (κ1) is 17.0. The first-order chi connectivity index (χ1) is 7.81. The van der Waals surface area contributed by atoms with E-state index in [1.807, 2.05) is 4.90 Å². The Hall–Kier alpha value is -0.980. The van der Waals surface area contributed by atoms with Crippen molar-refractivity contribution in [1.29, 1.82) is 0 Å². The van der Waals surface area contributed by atoms with Crippen molar-refractivity contribution in [2.45, 2.75) is 6.92 Å². The third kappa shape index (κ3) is 4.04. The Bertz CT molecular complexity index is 367. The van der Waals surface area contributed by atoms with Gasteiger partial charge in [0, 0.05) is 26.2 Å². The third-order valence-corrected chi connectivity index (χ3v) is 2.36. The lowest BCUT2D eigenvalue weighted by Crippen LogP contribution is -2.43. The minimum absolute atomic E-state index is 0. The van der Waals surface area contributed by atoms with Gasteiger partial charge >= 0.3 is 5.97 Å². The lowest BCUT2D eigenvalue weighted by Gasteiger charge is -2.25. The highest BCUT2D eigenvalue weighted by Gasteiger charge is 2.18. The van der Waals surface area contributed by atoms with Gasteiger partial charge in [0.15, 0.2) is 0 Å². The highest BCUT2D eigenvalue weighted by Crippen LogP contribution is 2.15. The van der Waals surface area contributed by atoms with Crippen molar-refractivity contribution in [3.05, 3.63) is 12.0 Å². The fourth-order valence-corrected chi connectivity index (χ4v) is 1.56. The van der Waals surface area contributed by atoms with Crippen molar-refractivity contribution in [3.8, 4) is 0 Å². The highest BCUT2D eigenvalue weighted by molar-refractivity contribution is 5.86. The van der Waals surface area contributed by atoms with Gasteiger partial charge in [-0.2, -0.15) is 0 Å². The molecule has 0 spiro atoms. The molecular formula is C10H17Cl2N3O3. The molecule has 0 radical (unpaired) electrons. The number of piperazine rings is 1. The van der Waals surface area contributed by atoms with Gasteiger partial charge < -0.3 is 19.4 Å². The molecule has 0 aliphatic carbocycles. The Labute approximate surface area is 118 Å². The molecule has 1 aromatic rings. The summed E-state index contributed by atoms with van der Waals surface area (Å²) in [4.78, 5) is 17.4. The van der Waals surface area contributed by atoms with Gasteiger partial charge in [0.25, 0.3) is 6.01 Å². The summed E-state index contributed by atoms with van der Waals surface area (Å²) in [5, 5.41) is 3.23. The largest absolute Gasteiger partial charge is 0.460 e. The van der Waals surface area contributed by atoms with Crippen molar-refractivity contribution in [3.63, 3.8) is 0 Å². The molecule has 0 atom stereocenters. The molecule has 2 heterocycles. The van der Waals surface area contributed by atoms with Crippen LogP contribution in [-0.4, -0.2) is 43.7 Å². The van der Waals surface area contributed by atoms with Gasteiger partial charge in [-0.3, -0.25) is 0 Å². The van der Waals surface area contributed by atoms with Crippen LogP contribution in [0.25, 0.3) is 0 Å². The number of aromatic nitrogens is 1. The Morgan fingerprint density at radius 2 is 2.17 bits per heavy atom. The molecule has 0 amide bonds. The highest BCUT2D eigenvalue weighted by atomic mass is 35.5. The van der Waals surface area contributed by atoms with Gasteiger partial charge in [0.2, 0.25) is 5.76 Å². The summed E-state index contributed by atoms with van der Waals surface area (Å²) < 4.78 is 10.2. The molecule has 1 aliphatic heterocycles. The summed E-state index contributed by atoms with van der Waals surface area (Å²) >= 11 is 0. The molecule has 8 heteroatoms. The van der Waals surface area contributed by atoms with E-state index in [1.165, 1.54) is 6.20 Å². The molecule has 0 bridgehead atoms. The van der Waals surface area contributed by atoms with E-state index in [0.29, 0.717) is 12.6 Å². The van der Waals surface area contributed by atoms with E-state index in [-0.39, 0.29) is 30.6 Å². The maximum absolute atomic E-state index is 11.4. The lowest BCUT2D eigenvalue weighted by molar-refractivity contribution is 0.0491. The number of esters is 1. The monoisotopic (exact) mass is 297 g/mol. The van der Waals surface area contributed by atoms with Crippen LogP contribution < -0.4 is 10.2 Å². The van der Waals surface area contributed by atoms with Gasteiger partial charge in [0.05, 0.1) is 12.8 Å². The molecule has 0 aromatic carbocycles. The second kappa shape index (κ2) is 8.18. The third-order valence-electron chi connectivity index (χ3n) is 2.36. The predicted octanol–water partition coefficient (Wildman–Crippen LogP) is 1.10. The second-order valence-electron chi connectivity index (χ2n) is 3.46. The number of rotatable bonds is 3. The SMILES string of the molecule is CCOC(=O)c1cnc(N2CCNCC2)o1.Cl.Cl. The summed E-state index contributed by atoms with van der Waals surface area (Å²) in [5.74, 6) is -0.299. The maximum Gasteiger partial charge on any atom is 0.376 e. The van der Waals surface area contributed by atoms with Crippen molar-refractivity contribution >= 4 is 36.8 Å². The maximum atomic E-state index is 11.4. The van der Waals surface area contributed by atoms with Gasteiger partial charge in [-0.05, 0) is 6.92 Å². The average molecular weight is 298 g/mol. The zero-order valence-corrected chi connectivity index (χ0v) is 11.7. The molecule has 1 aliphatic rings. The van der Waals surface area contributed by atoms with E-state index >= 15 is 0 Å². The van der Waals surface area contributed by atoms with Crippen LogP contribution in [0.3, 0.4) is 0 Å². The van der Waals surface area contributed by atoms with Gasteiger partial charge in [-0.15, -0.1) is 24.8 Å². The molecule has 0 saturated carbocycles. The number of nitrogens with zero attached hydrogens (tertiary/aromatic N) is 2. The van der Waals surface area contributed by atoms with E-state index in [9.17, 15) is 4.79 Å². The van der Waals surface area contributed by atoms with Gasteiger partial charge in [-0.25, -0.2) is 9.78 Å². The normalized spacial score (nSPS) is 14.4. The van der Waals surface area contributed by atoms with Crippen molar-refractivity contribution < 1.29 is 13.9 Å². The molecule has 1 N–H and O–H groups in total. The predicted molar refractivity (Wildman–Crippen MR) is 72.0 cm³/mol. The average Bonchev–Trinajstić information content (AvgIpc) is 2.80. The molecule has 1 aromatic heterocycles. The van der Waals surface area contributed by atoms with Gasteiger partial charge in [-0.1, -0.05) is 0 Å². The number of hydrogen-bond donors (Lipinski definition) is 1. The number of carbonyl (C=O) groups is 1. The Balaban J connectivity index is 0.00000144. The fourth-order valence-electron chi connectivity index (χ4n) is 1.56. The van der Waals surface area contributed by atoms with Crippen LogP contribution in [0.5, 0.6) is 0 Å². The molecule has 6 nitrogen and oxygen atoms in total. The standard InChI is InChI=1S/C10H15N3O3.2ClH/c1-2-15-9(14)8-7-12-10(16-8)13-5-3-11-4-6-13;;/h7,11H,2-6H2,1H3;2*1H. The van der Waals surface area contributed by atoms with Crippen molar-refractivity contribution in [1.82, 2.24) is 10.3 Å². The molecule has 1 saturated heterocycles. The minimum atomic E-state index is -0.462. The number of ether oxygens (including phenoxy) is 1. The van der Waals surface area contributed by atoms with Crippen molar-refractivity contribution in [2.75, 3.05) is 37.7 Å². The van der Waals surface area contributed by atoms with E-state index < -0.39 is 5.97 Å². The van der Waals surface area contributed by atoms with E-state index in [4.69, 9.17) is 9.15 Å². The van der Waals surface area contributed by atoms with Crippen LogP contribution in [0.1, 0.15) is 17.5 Å². The molecule has 1 fully saturated rings. The van der Waals surface area contributed by atoms with Crippen LogP contribution in [0.15, 0.2) is 10.6 Å².